The highest BCUT2D eigenvalue weighted by molar-refractivity contribution is 5.91. The topological polar surface area (TPSA) is 117 Å². The van der Waals surface area contributed by atoms with Crippen LogP contribution >= 0.6 is 0 Å². The average molecular weight is 466 g/mol. The minimum absolute atomic E-state index is 0.150. The van der Waals surface area contributed by atoms with Crippen LogP contribution in [0.3, 0.4) is 0 Å². The number of esters is 1. The predicted octanol–water partition coefficient (Wildman–Crippen LogP) is 4.45. The number of aromatic nitrogens is 4. The second kappa shape index (κ2) is 9.97. The molecular formula is C25H35N7O2. The summed E-state index contributed by atoms with van der Waals surface area (Å²) in [5, 5.41) is 18.7. The van der Waals surface area contributed by atoms with Crippen molar-refractivity contribution < 1.29 is 9.53 Å². The van der Waals surface area contributed by atoms with E-state index in [0.717, 1.165) is 41.7 Å². The van der Waals surface area contributed by atoms with E-state index in [2.05, 4.69) is 38.1 Å². The molecule has 3 aromatic rings. The van der Waals surface area contributed by atoms with Crippen LogP contribution in [0, 0.1) is 6.92 Å². The van der Waals surface area contributed by atoms with Gasteiger partial charge in [0.25, 0.3) is 0 Å². The van der Waals surface area contributed by atoms with Gasteiger partial charge in [-0.25, -0.2) is 4.98 Å². The van der Waals surface area contributed by atoms with Crippen molar-refractivity contribution in [3.05, 3.63) is 36.2 Å². The van der Waals surface area contributed by atoms with E-state index in [-0.39, 0.29) is 18.1 Å². The molecule has 0 aliphatic carbocycles. The van der Waals surface area contributed by atoms with Gasteiger partial charge >= 0.3 is 5.97 Å². The van der Waals surface area contributed by atoms with Crippen LogP contribution in [0.15, 0.2) is 30.5 Å². The number of carbonyl (C=O) groups excluding carboxylic acids is 1. The fourth-order valence-electron chi connectivity index (χ4n) is 4.46. The smallest absolute Gasteiger partial charge is 0.306 e. The Morgan fingerprint density at radius 2 is 2.06 bits per heavy atom. The van der Waals surface area contributed by atoms with Crippen molar-refractivity contribution in [2.75, 3.05) is 10.6 Å². The Morgan fingerprint density at radius 3 is 2.79 bits per heavy atom. The Bertz CT molecular complexity index is 1140. The third kappa shape index (κ3) is 6.44. The van der Waals surface area contributed by atoms with Crippen molar-refractivity contribution in [3.63, 3.8) is 0 Å². The Hall–Kier alpha value is -3.20. The SMILES string of the molecule is Cc1cc(Nc2cc3ncccc3c(NC3CC(C)NC(CCC(=O)OC(C)(C)C)C3)n2)n[nH]1. The monoisotopic (exact) mass is 465 g/mol. The lowest BCUT2D eigenvalue weighted by molar-refractivity contribution is -0.155. The van der Waals surface area contributed by atoms with E-state index in [1.807, 2.05) is 52.0 Å². The van der Waals surface area contributed by atoms with Gasteiger partial charge < -0.3 is 20.7 Å². The highest BCUT2D eigenvalue weighted by atomic mass is 16.6. The van der Waals surface area contributed by atoms with Crippen LogP contribution in [0.1, 0.15) is 59.1 Å². The lowest BCUT2D eigenvalue weighted by Crippen LogP contribution is -2.48. The number of fused-ring (bicyclic) bond motifs is 1. The number of nitrogens with zero attached hydrogens (tertiary/aromatic N) is 3. The van der Waals surface area contributed by atoms with Gasteiger partial charge in [0.15, 0.2) is 5.82 Å². The number of anilines is 3. The van der Waals surface area contributed by atoms with Gasteiger partial charge in [-0.3, -0.25) is 14.9 Å². The molecule has 3 atom stereocenters. The lowest BCUT2D eigenvalue weighted by atomic mass is 9.91. The molecule has 1 aliphatic rings. The Morgan fingerprint density at radius 1 is 1.24 bits per heavy atom. The van der Waals surface area contributed by atoms with E-state index in [9.17, 15) is 4.79 Å². The molecule has 0 aromatic carbocycles. The number of ether oxygens (including phenoxy) is 1. The molecule has 3 unspecified atom stereocenters. The number of aromatic amines is 1. The molecular weight excluding hydrogens is 430 g/mol. The molecule has 9 nitrogen and oxygen atoms in total. The number of aryl methyl sites for hydroxylation is 1. The minimum atomic E-state index is -0.455. The van der Waals surface area contributed by atoms with Gasteiger partial charge in [-0.2, -0.15) is 5.10 Å². The van der Waals surface area contributed by atoms with Crippen molar-refractivity contribution in [3.8, 4) is 0 Å². The van der Waals surface area contributed by atoms with Gasteiger partial charge in [0.05, 0.1) is 5.52 Å². The normalized spacial score (nSPS) is 20.8. The first kappa shape index (κ1) is 23.9. The maximum absolute atomic E-state index is 12.2. The van der Waals surface area contributed by atoms with Crippen LogP contribution in [0.5, 0.6) is 0 Å². The van der Waals surface area contributed by atoms with E-state index in [0.29, 0.717) is 24.1 Å². The van der Waals surface area contributed by atoms with Crippen LogP contribution < -0.4 is 16.0 Å². The molecule has 1 fully saturated rings. The fraction of sp³-hybridized carbons (Fsp3) is 0.520. The van der Waals surface area contributed by atoms with Crippen molar-refractivity contribution in [2.24, 2.45) is 0 Å². The number of piperidine rings is 1. The van der Waals surface area contributed by atoms with Crippen molar-refractivity contribution in [1.29, 1.82) is 0 Å². The zero-order chi connectivity index (χ0) is 24.3. The van der Waals surface area contributed by atoms with E-state index >= 15 is 0 Å². The van der Waals surface area contributed by atoms with Crippen molar-refractivity contribution >= 4 is 34.3 Å². The highest BCUT2D eigenvalue weighted by Crippen LogP contribution is 2.28. The van der Waals surface area contributed by atoms with Gasteiger partial charge in [-0.05, 0) is 66.0 Å². The van der Waals surface area contributed by atoms with Gasteiger partial charge in [0.1, 0.15) is 17.2 Å². The molecule has 0 amide bonds. The third-order valence-corrected chi connectivity index (χ3v) is 5.75. The van der Waals surface area contributed by atoms with E-state index < -0.39 is 5.60 Å². The summed E-state index contributed by atoms with van der Waals surface area (Å²) in [6.45, 7) is 9.83. The molecule has 0 bridgehead atoms. The third-order valence-electron chi connectivity index (χ3n) is 5.75. The summed E-state index contributed by atoms with van der Waals surface area (Å²) in [5.74, 6) is 2.04. The molecule has 1 saturated heterocycles. The van der Waals surface area contributed by atoms with E-state index in [1.54, 1.807) is 6.20 Å². The minimum Gasteiger partial charge on any atom is -0.460 e. The number of hydrogen-bond donors (Lipinski definition) is 4. The maximum Gasteiger partial charge on any atom is 0.306 e. The van der Waals surface area contributed by atoms with Crippen LogP contribution in [0.4, 0.5) is 17.5 Å². The summed E-state index contributed by atoms with van der Waals surface area (Å²) in [7, 11) is 0. The van der Waals surface area contributed by atoms with Crippen LogP contribution in [0.25, 0.3) is 10.9 Å². The van der Waals surface area contributed by atoms with Gasteiger partial charge in [-0.15, -0.1) is 0 Å². The summed E-state index contributed by atoms with van der Waals surface area (Å²) in [6, 6.07) is 8.59. The number of nitrogens with one attached hydrogen (secondary N) is 4. The fourth-order valence-corrected chi connectivity index (χ4v) is 4.46. The maximum atomic E-state index is 12.2. The molecule has 4 heterocycles. The zero-order valence-electron chi connectivity index (χ0n) is 20.6. The molecule has 182 valence electrons. The molecule has 1 aliphatic heterocycles. The standard InChI is InChI=1S/C25H35N7O2/c1-15-11-18(13-17(27-15)8-9-23(33)34-25(3,4)5)28-24-19-7-6-10-26-20(19)14-21(30-24)29-22-12-16(2)31-32-22/h6-7,10,12,14-15,17-18,27H,8-9,11,13H2,1-5H3,(H3,28,29,30,31,32). The number of carbonyl (C=O) groups is 1. The van der Waals surface area contributed by atoms with Gasteiger partial charge in [0, 0.05) is 54.0 Å². The molecule has 34 heavy (non-hydrogen) atoms. The number of hydrogen-bond acceptors (Lipinski definition) is 8. The molecule has 0 saturated carbocycles. The Kier molecular flexibility index (Phi) is 7.02. The number of rotatable bonds is 7. The second-order valence-corrected chi connectivity index (χ2v) is 10.2. The summed E-state index contributed by atoms with van der Waals surface area (Å²) >= 11 is 0. The highest BCUT2D eigenvalue weighted by Gasteiger charge is 2.28. The van der Waals surface area contributed by atoms with Crippen LogP contribution in [-0.2, 0) is 9.53 Å². The molecule has 4 N–H and O–H groups in total. The summed E-state index contributed by atoms with van der Waals surface area (Å²) in [5.41, 5.74) is 1.38. The summed E-state index contributed by atoms with van der Waals surface area (Å²) < 4.78 is 5.48. The largest absolute Gasteiger partial charge is 0.460 e. The zero-order valence-corrected chi connectivity index (χ0v) is 20.6. The first-order valence-corrected chi connectivity index (χ1v) is 11.9. The summed E-state index contributed by atoms with van der Waals surface area (Å²) in [6.07, 6.45) is 4.79. The van der Waals surface area contributed by atoms with Crippen molar-refractivity contribution in [2.45, 2.75) is 84.0 Å². The second-order valence-electron chi connectivity index (χ2n) is 10.2. The predicted molar refractivity (Wildman–Crippen MR) is 134 cm³/mol. The Balaban J connectivity index is 1.47. The average Bonchev–Trinajstić information content (AvgIpc) is 3.15. The molecule has 9 heteroatoms. The lowest BCUT2D eigenvalue weighted by Gasteiger charge is -2.35. The molecule has 0 radical (unpaired) electrons. The molecule has 4 rings (SSSR count). The van der Waals surface area contributed by atoms with E-state index in [4.69, 9.17) is 9.72 Å². The van der Waals surface area contributed by atoms with Crippen molar-refractivity contribution in [1.82, 2.24) is 25.5 Å². The number of H-pyrrole nitrogens is 1. The van der Waals surface area contributed by atoms with Gasteiger partial charge in [-0.1, -0.05) is 0 Å². The molecule has 3 aromatic heterocycles. The molecule has 0 spiro atoms. The van der Waals surface area contributed by atoms with Gasteiger partial charge in [0.2, 0.25) is 0 Å². The quantitative estimate of drug-likeness (QED) is 0.378. The van der Waals surface area contributed by atoms with Crippen LogP contribution in [-0.4, -0.2) is 49.9 Å². The van der Waals surface area contributed by atoms with E-state index in [1.165, 1.54) is 0 Å². The summed E-state index contributed by atoms with van der Waals surface area (Å²) in [4.78, 5) is 21.6. The van der Waals surface area contributed by atoms with Crippen LogP contribution in [0.2, 0.25) is 0 Å². The number of pyridine rings is 2. The first-order valence-electron chi connectivity index (χ1n) is 11.9. The Labute approximate surface area is 200 Å². The first-order chi connectivity index (χ1) is 16.1.